The standard InChI is InChI=1S/C11H21N.2C11H20.C11H22.C10H19N.2C10H20.C9H18O.C9H16.2C9H18.3C8H16/c1-10(2,3)11-4-7-12(8-5-11)9-6-11;1-10(2,3)9-7-11(8-9)5-4-6-11;1-8(2)11-6-9-4-3-5-10(9)7-11;1-11(2,3)10-8-6-4-5-7-9-10;1-7(2)9-6-8-4-5-10(9)11(8)3;2*1-10(2,3)9-7-5-4-6-8-9;1-9(2,3)8-5-4-6-10-7-8;1-6(2)9-7-4-3-5-8(7)9;2*1-9(2,3)8-6-4-5-7-8;1-7(2,3)8(4)5-6-8;2*1-8(2,3)7-5-4-6-7/h4-9H2,1-3H3;9H,4-8H2,1-3H3;8-11H,3-7H2,1-2H3;10H,4-9H2,1-3H3;7-10H,4-6H2,1-3H3;2*9H,4-8H2,1-3H3;8H,4-7H2,1-3H3;6-9H,3-5H2,1-2H3;2*8H,4-7H2,1-3H3;5-6H2,1-4H3;2*7H,4-6H2,1-3H3. The summed E-state index contributed by atoms with van der Waals surface area (Å²) >= 11 is 0. The molecule has 3 heteroatoms. The average Bonchev–Trinajstić information content (AvgIpc) is 1.74. The van der Waals surface area contributed by atoms with E-state index in [1.807, 2.05) is 0 Å². The first-order valence-electron chi connectivity index (χ1n) is 62.1. The van der Waals surface area contributed by atoms with Crippen molar-refractivity contribution >= 4 is 0 Å². The molecule has 6 saturated heterocycles. The number of piperidine rings is 3. The lowest BCUT2D eigenvalue weighted by molar-refractivity contribution is -0.0700. The normalized spacial score (nSPS) is 30.7. The molecule has 14 saturated carbocycles. The molecule has 0 aromatic heterocycles. The van der Waals surface area contributed by atoms with Crippen molar-refractivity contribution in [2.45, 2.75) is 629 Å². The Labute approximate surface area is 866 Å². The van der Waals surface area contributed by atoms with Crippen molar-refractivity contribution in [1.29, 1.82) is 0 Å². The summed E-state index contributed by atoms with van der Waals surface area (Å²) in [6.45, 7) is 101. The van der Waals surface area contributed by atoms with Crippen molar-refractivity contribution in [3.05, 3.63) is 0 Å². The number of nitrogens with zero attached hydrogens (tertiary/aromatic N) is 2. The third-order valence-electron chi connectivity index (χ3n) is 43.1. The van der Waals surface area contributed by atoms with Gasteiger partial charge in [0.25, 0.3) is 0 Å². The second-order valence-corrected chi connectivity index (χ2v) is 64.8. The first-order valence-corrected chi connectivity index (χ1v) is 62.1. The van der Waals surface area contributed by atoms with Crippen molar-refractivity contribution < 1.29 is 4.74 Å². The van der Waals surface area contributed by atoms with Gasteiger partial charge in [-0.05, 0) is 420 Å². The maximum Gasteiger partial charge on any atom is 0.0499 e. The van der Waals surface area contributed by atoms with E-state index in [0.29, 0.717) is 70.4 Å². The monoisotopic (exact) mass is 1910 g/mol. The highest BCUT2D eigenvalue weighted by Crippen LogP contribution is 2.64. The molecule has 137 heavy (non-hydrogen) atoms. The molecule has 0 aromatic carbocycles. The topological polar surface area (TPSA) is 15.7 Å². The Balaban J connectivity index is 0.000000227. The van der Waals surface area contributed by atoms with Gasteiger partial charge in [-0.25, -0.2) is 0 Å². The Morgan fingerprint density at radius 3 is 0.759 bits per heavy atom. The summed E-state index contributed by atoms with van der Waals surface area (Å²) < 4.78 is 5.41. The van der Waals surface area contributed by atoms with E-state index in [-0.39, 0.29) is 0 Å². The van der Waals surface area contributed by atoms with E-state index in [4.69, 9.17) is 4.74 Å². The fraction of sp³-hybridized carbons (Fsp3) is 1.00. The second-order valence-electron chi connectivity index (χ2n) is 64.8. The predicted molar refractivity (Wildman–Crippen MR) is 615 cm³/mol. The summed E-state index contributed by atoms with van der Waals surface area (Å²) in [4.78, 5) is 5.23. The molecule has 6 heterocycles. The molecule has 20 aliphatic rings. The molecule has 20 rings (SSSR count). The maximum absolute atomic E-state index is 5.41. The van der Waals surface area contributed by atoms with Crippen LogP contribution in [0.5, 0.6) is 0 Å². The fourth-order valence-corrected chi connectivity index (χ4v) is 29.3. The molecule has 0 N–H and O–H groups in total. The number of ether oxygens (including phenoxy) is 1. The minimum atomic E-state index is 0.445. The van der Waals surface area contributed by atoms with Crippen molar-refractivity contribution in [1.82, 2.24) is 9.80 Å². The van der Waals surface area contributed by atoms with E-state index in [1.165, 1.54) is 320 Å². The zero-order valence-electron chi connectivity index (χ0n) is 102. The summed E-state index contributed by atoms with van der Waals surface area (Å²) in [6, 6.07) is 1.87. The molecule has 0 aromatic rings. The van der Waals surface area contributed by atoms with E-state index in [0.717, 1.165) is 131 Å². The summed E-state index contributed by atoms with van der Waals surface area (Å²) in [6.07, 6.45) is 78.5. The third-order valence-corrected chi connectivity index (χ3v) is 43.1. The van der Waals surface area contributed by atoms with Crippen LogP contribution in [-0.4, -0.2) is 61.8 Å². The molecule has 8 atom stereocenters. The molecule has 812 valence electrons. The lowest BCUT2D eigenvalue weighted by Crippen LogP contribution is -2.53. The first-order chi connectivity index (χ1) is 63.1. The Morgan fingerprint density at radius 2 is 0.569 bits per heavy atom. The second kappa shape index (κ2) is 55.1. The van der Waals surface area contributed by atoms with Gasteiger partial charge in [-0.15, -0.1) is 0 Å². The van der Waals surface area contributed by atoms with Gasteiger partial charge in [0.15, 0.2) is 0 Å². The van der Waals surface area contributed by atoms with Crippen LogP contribution in [0.2, 0.25) is 0 Å². The summed E-state index contributed by atoms with van der Waals surface area (Å²) in [5.74, 6) is 19.5. The largest absolute Gasteiger partial charge is 0.381 e. The van der Waals surface area contributed by atoms with Gasteiger partial charge in [-0.2, -0.15) is 0 Å². The van der Waals surface area contributed by atoms with Crippen LogP contribution in [0.4, 0.5) is 0 Å². The van der Waals surface area contributed by atoms with Gasteiger partial charge in [-0.3, -0.25) is 0 Å². The Bertz CT molecular complexity index is 2950. The van der Waals surface area contributed by atoms with Crippen LogP contribution in [0.3, 0.4) is 0 Å². The maximum atomic E-state index is 5.41. The van der Waals surface area contributed by atoms with Gasteiger partial charge >= 0.3 is 0 Å². The lowest BCUT2D eigenvalue weighted by Gasteiger charge is -2.58. The van der Waals surface area contributed by atoms with E-state index < -0.39 is 0 Å². The molecule has 20 fully saturated rings. The van der Waals surface area contributed by atoms with E-state index in [2.05, 4.69) is 294 Å². The Morgan fingerprint density at radius 1 is 0.270 bits per heavy atom. The quantitative estimate of drug-likeness (QED) is 0.262. The Kier molecular flexibility index (Phi) is 50.5. The molecule has 1 spiro atoms. The third kappa shape index (κ3) is 42.7. The van der Waals surface area contributed by atoms with Crippen molar-refractivity contribution in [2.24, 2.45) is 188 Å². The lowest BCUT2D eigenvalue weighted by atomic mass is 9.47. The first kappa shape index (κ1) is 126. The van der Waals surface area contributed by atoms with Gasteiger partial charge in [0.05, 0.1) is 0 Å². The Hall–Kier alpha value is -0.120. The molecule has 6 aliphatic heterocycles. The SMILES string of the molecule is CC(C)(C)C1(C)CC1.CC(C)(C)C12CCN(CC1)CC2.CC(C)(C)C1CC2(CCC2)C1.CC(C)(C)C1CCC1.CC(C)(C)C1CCC1.CC(C)(C)C1CCCC1.CC(C)(C)C1CCCC1.CC(C)(C)C1CCCCC1.CC(C)(C)C1CCCCC1.CC(C)(C)C1CCCCCC1.CC(C)(C)C1CCCOC1.CC(C)C1C2CCCC21.CC(C)C1CC2CCC1N2C.CC(C)C1CC2CCCC2C1. The van der Waals surface area contributed by atoms with Crippen molar-refractivity contribution in [2.75, 3.05) is 39.9 Å². The van der Waals surface area contributed by atoms with Crippen LogP contribution in [0.15, 0.2) is 0 Å². The summed E-state index contributed by atoms with van der Waals surface area (Å²) in [5.41, 5.74) is 8.40. The van der Waals surface area contributed by atoms with Crippen LogP contribution in [0.1, 0.15) is 617 Å². The number of hydrogen-bond acceptors (Lipinski definition) is 3. The smallest absolute Gasteiger partial charge is 0.0499 e. The highest BCUT2D eigenvalue weighted by Gasteiger charge is 2.55. The van der Waals surface area contributed by atoms with Gasteiger partial charge in [0, 0.05) is 25.3 Å². The summed E-state index contributed by atoms with van der Waals surface area (Å²) in [7, 11) is 2.31. The van der Waals surface area contributed by atoms with E-state index in [9.17, 15) is 0 Å². The number of rotatable bonds is 3. The predicted octanol–water partition coefficient (Wildman–Crippen LogP) is 43.0. The molecule has 0 amide bonds. The van der Waals surface area contributed by atoms with Gasteiger partial charge < -0.3 is 14.5 Å². The van der Waals surface area contributed by atoms with Crippen LogP contribution < -0.4 is 0 Å². The fourth-order valence-electron chi connectivity index (χ4n) is 29.3. The average molecular weight is 1920 g/mol. The molecule has 4 bridgehead atoms. The highest BCUT2D eigenvalue weighted by atomic mass is 16.5. The molecule has 3 nitrogen and oxygen atoms in total. The van der Waals surface area contributed by atoms with Crippen LogP contribution in [0.25, 0.3) is 0 Å². The van der Waals surface area contributed by atoms with Crippen molar-refractivity contribution in [3.63, 3.8) is 0 Å². The van der Waals surface area contributed by atoms with Crippen LogP contribution >= 0.6 is 0 Å². The van der Waals surface area contributed by atoms with Gasteiger partial charge in [0.1, 0.15) is 0 Å². The number of hydrogen-bond donors (Lipinski definition) is 0. The van der Waals surface area contributed by atoms with Gasteiger partial charge in [-0.1, -0.05) is 412 Å². The minimum Gasteiger partial charge on any atom is -0.381 e. The zero-order valence-corrected chi connectivity index (χ0v) is 102. The van der Waals surface area contributed by atoms with E-state index >= 15 is 0 Å². The van der Waals surface area contributed by atoms with Gasteiger partial charge in [0.2, 0.25) is 0 Å². The molecule has 8 unspecified atom stereocenters. The molecular weight excluding hydrogens is 1650 g/mol. The minimum absolute atomic E-state index is 0.445. The zero-order chi connectivity index (χ0) is 103. The van der Waals surface area contributed by atoms with Crippen LogP contribution in [0, 0.1) is 188 Å². The van der Waals surface area contributed by atoms with E-state index in [1.54, 1.807) is 51.4 Å². The molecular formula is C134H260N2O. The summed E-state index contributed by atoms with van der Waals surface area (Å²) in [5, 5.41) is 0. The van der Waals surface area contributed by atoms with Crippen LogP contribution in [-0.2, 0) is 4.74 Å². The highest BCUT2D eigenvalue weighted by molar-refractivity contribution is 5.05. The number of fused-ring (bicyclic) bond motifs is 7. The van der Waals surface area contributed by atoms with Crippen molar-refractivity contribution in [3.8, 4) is 0 Å². The molecule has 14 aliphatic carbocycles. The molecule has 0 radical (unpaired) electrons.